The van der Waals surface area contributed by atoms with Gasteiger partial charge in [-0.1, -0.05) is 6.07 Å². The highest BCUT2D eigenvalue weighted by atomic mass is 16.5. The molecule has 8 heteroatoms. The number of morpholine rings is 1. The average Bonchev–Trinajstić information content (AvgIpc) is 2.94. The smallest absolute Gasteiger partial charge is 0.242 e. The van der Waals surface area contributed by atoms with Gasteiger partial charge in [-0.2, -0.15) is 0 Å². The summed E-state index contributed by atoms with van der Waals surface area (Å²) in [5, 5.41) is 0. The molecule has 1 aromatic carbocycles. The van der Waals surface area contributed by atoms with Gasteiger partial charge in [-0.15, -0.1) is 0 Å². The van der Waals surface area contributed by atoms with Gasteiger partial charge in [-0.05, 0) is 24.6 Å². The lowest BCUT2D eigenvalue weighted by molar-refractivity contribution is -0.133. The Balaban J connectivity index is 0.00000121. The van der Waals surface area contributed by atoms with Crippen LogP contribution in [0.1, 0.15) is 12.5 Å². The number of carbonyl (C=O) groups excluding carboxylic acids is 1. The Labute approximate surface area is 127 Å². The van der Waals surface area contributed by atoms with Crippen molar-refractivity contribution < 1.29 is 20.5 Å². The largest absolute Gasteiger partial charge is 0.412 e. The van der Waals surface area contributed by atoms with Gasteiger partial charge in [0.05, 0.1) is 30.6 Å². The summed E-state index contributed by atoms with van der Waals surface area (Å²) >= 11 is 0. The van der Waals surface area contributed by atoms with Crippen LogP contribution in [0, 0.1) is 0 Å². The Kier molecular flexibility index (Phi) is 5.61. The maximum absolute atomic E-state index is 12.1. The summed E-state index contributed by atoms with van der Waals surface area (Å²) in [6, 6.07) is 5.77. The molecule has 1 atom stereocenters. The fraction of sp³-hybridized carbons (Fsp3) is 0.429. The quantitative estimate of drug-likeness (QED) is 0.743. The number of H-pyrrole nitrogens is 1. The number of nitrogens with zero attached hydrogens (tertiary/aromatic N) is 2. The van der Waals surface area contributed by atoms with E-state index in [9.17, 15) is 4.79 Å². The van der Waals surface area contributed by atoms with Crippen molar-refractivity contribution in [3.63, 3.8) is 0 Å². The van der Waals surface area contributed by atoms with Crippen molar-refractivity contribution in [3.05, 3.63) is 30.1 Å². The molecule has 1 amide bonds. The highest BCUT2D eigenvalue weighted by molar-refractivity contribution is 5.87. The van der Waals surface area contributed by atoms with Gasteiger partial charge in [-0.25, -0.2) is 4.98 Å². The molecule has 8 nitrogen and oxygen atoms in total. The number of primary amides is 1. The van der Waals surface area contributed by atoms with Gasteiger partial charge in [0.15, 0.2) is 0 Å². The number of hydrogen-bond donors (Lipinski definition) is 2. The van der Waals surface area contributed by atoms with E-state index in [1.165, 1.54) is 0 Å². The monoisotopic (exact) mass is 310 g/mol. The molecule has 1 unspecified atom stereocenters. The summed E-state index contributed by atoms with van der Waals surface area (Å²) < 4.78 is 5.36. The van der Waals surface area contributed by atoms with Crippen molar-refractivity contribution in [1.29, 1.82) is 0 Å². The average molecular weight is 310 g/mol. The van der Waals surface area contributed by atoms with Crippen LogP contribution in [0.3, 0.4) is 0 Å². The summed E-state index contributed by atoms with van der Waals surface area (Å²) in [6.07, 6.45) is 1.64. The third-order valence-electron chi connectivity index (χ3n) is 4.11. The maximum Gasteiger partial charge on any atom is 0.242 e. The predicted octanol–water partition coefficient (Wildman–Crippen LogP) is -1.05. The molecule has 122 valence electrons. The number of fused-ring (bicyclic) bond motifs is 1. The molecule has 22 heavy (non-hydrogen) atoms. The molecular weight excluding hydrogens is 288 g/mol. The third-order valence-corrected chi connectivity index (χ3v) is 4.11. The number of hydrogen-bond acceptors (Lipinski definition) is 4. The van der Waals surface area contributed by atoms with Crippen LogP contribution >= 0.6 is 0 Å². The lowest BCUT2D eigenvalue weighted by Crippen LogP contribution is -2.56. The molecule has 0 radical (unpaired) electrons. The number of benzene rings is 1. The van der Waals surface area contributed by atoms with E-state index in [0.717, 1.165) is 16.6 Å². The van der Waals surface area contributed by atoms with Crippen LogP contribution in [0.15, 0.2) is 24.5 Å². The standard InChI is InChI=1S/C14H18N4O2.2H2O/c1-14(13(15)19,18-4-6-20-7-5-18)10-2-3-11-12(8-10)17-9-16-11;;/h2-3,8-9H,4-7H2,1H3,(H2,15,19)(H,16,17);2*1H2. The molecule has 2 heterocycles. The second-order valence-electron chi connectivity index (χ2n) is 5.17. The minimum Gasteiger partial charge on any atom is -0.412 e. The summed E-state index contributed by atoms with van der Waals surface area (Å²) in [7, 11) is 0. The van der Waals surface area contributed by atoms with Crippen LogP contribution in [0.25, 0.3) is 11.0 Å². The van der Waals surface area contributed by atoms with Crippen molar-refractivity contribution in [2.24, 2.45) is 5.73 Å². The van der Waals surface area contributed by atoms with Gasteiger partial charge in [0, 0.05) is 13.1 Å². The molecule has 2 aromatic rings. The van der Waals surface area contributed by atoms with Crippen LogP contribution in [-0.4, -0.2) is 58.0 Å². The first-order valence-corrected chi connectivity index (χ1v) is 6.68. The fourth-order valence-corrected chi connectivity index (χ4v) is 2.73. The highest BCUT2D eigenvalue weighted by Crippen LogP contribution is 2.30. The Bertz CT molecular complexity index is 639. The number of aromatic amines is 1. The van der Waals surface area contributed by atoms with E-state index >= 15 is 0 Å². The molecule has 1 aliphatic rings. The minimum atomic E-state index is -0.830. The van der Waals surface area contributed by atoms with E-state index in [4.69, 9.17) is 10.5 Å². The van der Waals surface area contributed by atoms with Crippen molar-refractivity contribution in [2.45, 2.75) is 12.5 Å². The first-order chi connectivity index (χ1) is 9.62. The predicted molar refractivity (Wildman–Crippen MR) is 82.3 cm³/mol. The van der Waals surface area contributed by atoms with Gasteiger partial charge in [-0.3, -0.25) is 9.69 Å². The fourth-order valence-electron chi connectivity index (χ4n) is 2.73. The minimum absolute atomic E-state index is 0. The van der Waals surface area contributed by atoms with Crippen LogP contribution in [0.2, 0.25) is 0 Å². The van der Waals surface area contributed by atoms with E-state index in [0.29, 0.717) is 26.3 Å². The van der Waals surface area contributed by atoms with E-state index in [1.54, 1.807) is 6.33 Å². The Morgan fingerprint density at radius 3 is 2.68 bits per heavy atom. The van der Waals surface area contributed by atoms with Gasteiger partial charge < -0.3 is 26.4 Å². The molecule has 1 aliphatic heterocycles. The number of carbonyl (C=O) groups is 1. The normalized spacial score (nSPS) is 18.0. The van der Waals surface area contributed by atoms with E-state index in [1.807, 2.05) is 25.1 Å². The summed E-state index contributed by atoms with van der Waals surface area (Å²) in [6.45, 7) is 4.50. The highest BCUT2D eigenvalue weighted by Gasteiger charge is 2.40. The van der Waals surface area contributed by atoms with Gasteiger partial charge >= 0.3 is 0 Å². The molecular formula is C14H22N4O4. The van der Waals surface area contributed by atoms with Crippen molar-refractivity contribution in [1.82, 2.24) is 14.9 Å². The first-order valence-electron chi connectivity index (χ1n) is 6.68. The number of rotatable bonds is 3. The van der Waals surface area contributed by atoms with Crippen molar-refractivity contribution >= 4 is 16.9 Å². The Hall–Kier alpha value is -2.00. The molecule has 3 rings (SSSR count). The second kappa shape index (κ2) is 6.84. The van der Waals surface area contributed by atoms with E-state index in [2.05, 4.69) is 14.9 Å². The zero-order valence-corrected chi connectivity index (χ0v) is 12.4. The number of nitrogens with two attached hydrogens (primary N) is 1. The third kappa shape index (κ3) is 2.81. The molecule has 0 bridgehead atoms. The maximum atomic E-state index is 12.1. The Morgan fingerprint density at radius 1 is 1.36 bits per heavy atom. The number of aromatic nitrogens is 2. The molecule has 0 spiro atoms. The van der Waals surface area contributed by atoms with Crippen molar-refractivity contribution in [3.8, 4) is 0 Å². The lowest BCUT2D eigenvalue weighted by Gasteiger charge is -2.41. The van der Waals surface area contributed by atoms with Crippen LogP contribution in [0.5, 0.6) is 0 Å². The van der Waals surface area contributed by atoms with Crippen LogP contribution in [-0.2, 0) is 15.1 Å². The van der Waals surface area contributed by atoms with Crippen molar-refractivity contribution in [2.75, 3.05) is 26.3 Å². The first kappa shape index (κ1) is 18.1. The van der Waals surface area contributed by atoms with E-state index < -0.39 is 5.54 Å². The topological polar surface area (TPSA) is 147 Å². The van der Waals surface area contributed by atoms with Crippen LogP contribution in [0.4, 0.5) is 0 Å². The molecule has 1 fully saturated rings. The summed E-state index contributed by atoms with van der Waals surface area (Å²) in [5.41, 5.74) is 7.54. The zero-order chi connectivity index (χ0) is 14.2. The molecule has 0 saturated carbocycles. The van der Waals surface area contributed by atoms with Gasteiger partial charge in [0.1, 0.15) is 5.54 Å². The molecule has 1 aromatic heterocycles. The summed E-state index contributed by atoms with van der Waals surface area (Å²) in [4.78, 5) is 21.5. The molecule has 1 saturated heterocycles. The molecule has 7 N–H and O–H groups in total. The van der Waals surface area contributed by atoms with Gasteiger partial charge in [0.2, 0.25) is 5.91 Å². The number of amides is 1. The second-order valence-corrected chi connectivity index (χ2v) is 5.17. The Morgan fingerprint density at radius 2 is 2.05 bits per heavy atom. The van der Waals surface area contributed by atoms with Crippen LogP contribution < -0.4 is 5.73 Å². The number of imidazole rings is 1. The number of ether oxygens (including phenoxy) is 1. The number of nitrogens with one attached hydrogen (secondary N) is 1. The molecule has 0 aliphatic carbocycles. The van der Waals surface area contributed by atoms with E-state index in [-0.39, 0.29) is 16.9 Å². The SMILES string of the molecule is CC(C(N)=O)(c1ccc2nc[nH]c2c1)N1CCOCC1.O.O. The van der Waals surface area contributed by atoms with Gasteiger partial charge in [0.25, 0.3) is 0 Å². The lowest BCUT2D eigenvalue weighted by atomic mass is 9.88. The zero-order valence-electron chi connectivity index (χ0n) is 12.4. The summed E-state index contributed by atoms with van der Waals surface area (Å²) in [5.74, 6) is -0.349.